The van der Waals surface area contributed by atoms with Crippen molar-refractivity contribution in [2.24, 2.45) is 0 Å². The van der Waals surface area contributed by atoms with Crippen molar-refractivity contribution < 1.29 is 4.79 Å². The SMILES string of the molecule is Cc1ccc(C)c(NC(=O)c2cnccc2C)c1. The van der Waals surface area contributed by atoms with Crippen LogP contribution < -0.4 is 5.32 Å². The van der Waals surface area contributed by atoms with Crippen LogP contribution in [0, 0.1) is 20.8 Å². The van der Waals surface area contributed by atoms with Gasteiger partial charge in [0, 0.05) is 18.1 Å². The lowest BCUT2D eigenvalue weighted by Gasteiger charge is -2.10. The predicted octanol–water partition coefficient (Wildman–Crippen LogP) is 3.26. The summed E-state index contributed by atoms with van der Waals surface area (Å²) in [4.78, 5) is 16.1. The second-order valence-corrected chi connectivity index (χ2v) is 4.46. The fourth-order valence-electron chi connectivity index (χ4n) is 1.76. The van der Waals surface area contributed by atoms with Gasteiger partial charge < -0.3 is 5.32 Å². The highest BCUT2D eigenvalue weighted by Crippen LogP contribution is 2.18. The van der Waals surface area contributed by atoms with Gasteiger partial charge in [-0.15, -0.1) is 0 Å². The third-order valence-electron chi connectivity index (χ3n) is 2.92. The van der Waals surface area contributed by atoms with E-state index in [2.05, 4.69) is 10.3 Å². The monoisotopic (exact) mass is 240 g/mol. The molecule has 3 nitrogen and oxygen atoms in total. The minimum atomic E-state index is -0.116. The average Bonchev–Trinajstić information content (AvgIpc) is 2.34. The molecule has 1 amide bonds. The summed E-state index contributed by atoms with van der Waals surface area (Å²) in [7, 11) is 0. The van der Waals surface area contributed by atoms with Gasteiger partial charge in [-0.25, -0.2) is 0 Å². The molecule has 1 N–H and O–H groups in total. The first kappa shape index (κ1) is 12.3. The number of hydrogen-bond acceptors (Lipinski definition) is 2. The Kier molecular flexibility index (Phi) is 3.42. The van der Waals surface area contributed by atoms with Gasteiger partial charge in [-0.05, 0) is 49.6 Å². The Bertz CT molecular complexity index is 591. The fraction of sp³-hybridized carbons (Fsp3) is 0.200. The lowest BCUT2D eigenvalue weighted by atomic mass is 10.1. The first-order valence-electron chi connectivity index (χ1n) is 5.87. The van der Waals surface area contributed by atoms with Crippen LogP contribution in [-0.2, 0) is 0 Å². The van der Waals surface area contributed by atoms with E-state index in [-0.39, 0.29) is 5.91 Å². The van der Waals surface area contributed by atoms with E-state index in [1.54, 1.807) is 12.4 Å². The Morgan fingerprint density at radius 2 is 1.89 bits per heavy atom. The quantitative estimate of drug-likeness (QED) is 0.875. The molecule has 0 fully saturated rings. The molecule has 1 heterocycles. The Labute approximate surface area is 107 Å². The van der Waals surface area contributed by atoms with Crippen LogP contribution in [0.2, 0.25) is 0 Å². The number of carbonyl (C=O) groups excluding carboxylic acids is 1. The molecule has 3 heteroatoms. The van der Waals surface area contributed by atoms with Gasteiger partial charge in [0.15, 0.2) is 0 Å². The predicted molar refractivity (Wildman–Crippen MR) is 72.8 cm³/mol. The molecule has 2 rings (SSSR count). The number of nitrogens with zero attached hydrogens (tertiary/aromatic N) is 1. The van der Waals surface area contributed by atoms with Crippen molar-refractivity contribution in [2.45, 2.75) is 20.8 Å². The zero-order valence-corrected chi connectivity index (χ0v) is 10.8. The van der Waals surface area contributed by atoms with Crippen LogP contribution in [0.5, 0.6) is 0 Å². The summed E-state index contributed by atoms with van der Waals surface area (Å²) in [6, 6.07) is 7.83. The topological polar surface area (TPSA) is 42.0 Å². The molecule has 0 aliphatic rings. The van der Waals surface area contributed by atoms with Crippen LogP contribution in [-0.4, -0.2) is 10.9 Å². The van der Waals surface area contributed by atoms with Crippen LogP contribution in [0.1, 0.15) is 27.0 Å². The summed E-state index contributed by atoms with van der Waals surface area (Å²) < 4.78 is 0. The number of aromatic nitrogens is 1. The van der Waals surface area contributed by atoms with Crippen LogP contribution in [0.3, 0.4) is 0 Å². The molecule has 1 aromatic heterocycles. The molecule has 0 bridgehead atoms. The molecule has 0 saturated carbocycles. The largest absolute Gasteiger partial charge is 0.322 e. The molecule has 0 radical (unpaired) electrons. The lowest BCUT2D eigenvalue weighted by Crippen LogP contribution is -2.14. The minimum absolute atomic E-state index is 0.116. The molecule has 0 unspecified atom stereocenters. The Morgan fingerprint density at radius 1 is 1.11 bits per heavy atom. The van der Waals surface area contributed by atoms with E-state index in [4.69, 9.17) is 0 Å². The number of hydrogen-bond donors (Lipinski definition) is 1. The number of nitrogens with one attached hydrogen (secondary N) is 1. The molecule has 0 aliphatic heterocycles. The molecule has 1 aromatic carbocycles. The van der Waals surface area contributed by atoms with Crippen molar-refractivity contribution in [3.8, 4) is 0 Å². The highest BCUT2D eigenvalue weighted by molar-refractivity contribution is 6.05. The zero-order chi connectivity index (χ0) is 13.1. The number of aryl methyl sites for hydroxylation is 3. The van der Waals surface area contributed by atoms with Gasteiger partial charge in [0.2, 0.25) is 0 Å². The molecule has 18 heavy (non-hydrogen) atoms. The van der Waals surface area contributed by atoms with Gasteiger partial charge in [0.25, 0.3) is 5.91 Å². The van der Waals surface area contributed by atoms with Gasteiger partial charge >= 0.3 is 0 Å². The van der Waals surface area contributed by atoms with Crippen molar-refractivity contribution in [3.05, 3.63) is 58.9 Å². The highest BCUT2D eigenvalue weighted by Gasteiger charge is 2.10. The van der Waals surface area contributed by atoms with E-state index < -0.39 is 0 Å². The highest BCUT2D eigenvalue weighted by atomic mass is 16.1. The Balaban J connectivity index is 2.27. The summed E-state index contributed by atoms with van der Waals surface area (Å²) in [5.74, 6) is -0.116. The number of pyridine rings is 1. The fourth-order valence-corrected chi connectivity index (χ4v) is 1.76. The summed E-state index contributed by atoms with van der Waals surface area (Å²) in [6.45, 7) is 5.88. The van der Waals surface area contributed by atoms with Gasteiger partial charge in [-0.3, -0.25) is 9.78 Å². The molecule has 2 aromatic rings. The van der Waals surface area contributed by atoms with Gasteiger partial charge in [0.05, 0.1) is 5.56 Å². The third kappa shape index (κ3) is 2.56. The molecule has 0 atom stereocenters. The maximum absolute atomic E-state index is 12.1. The van der Waals surface area contributed by atoms with Crippen molar-refractivity contribution in [2.75, 3.05) is 5.32 Å². The van der Waals surface area contributed by atoms with Crippen LogP contribution in [0.15, 0.2) is 36.7 Å². The van der Waals surface area contributed by atoms with Crippen LogP contribution in [0.4, 0.5) is 5.69 Å². The molecular weight excluding hydrogens is 224 g/mol. The average molecular weight is 240 g/mol. The van der Waals surface area contributed by atoms with Gasteiger partial charge in [-0.2, -0.15) is 0 Å². The first-order valence-corrected chi connectivity index (χ1v) is 5.87. The van der Waals surface area contributed by atoms with E-state index >= 15 is 0 Å². The summed E-state index contributed by atoms with van der Waals surface area (Å²) >= 11 is 0. The summed E-state index contributed by atoms with van der Waals surface area (Å²) in [5, 5.41) is 2.93. The van der Waals surface area contributed by atoms with Crippen molar-refractivity contribution in [1.29, 1.82) is 0 Å². The molecule has 0 saturated heterocycles. The number of rotatable bonds is 2. The molecule has 0 spiro atoms. The van der Waals surface area contributed by atoms with E-state index in [1.807, 2.05) is 45.0 Å². The standard InChI is InChI=1S/C15H16N2O/c1-10-4-5-12(3)14(8-10)17-15(18)13-9-16-7-6-11(13)2/h4-9H,1-3H3,(H,17,18). The first-order chi connectivity index (χ1) is 8.58. The summed E-state index contributed by atoms with van der Waals surface area (Å²) in [6.07, 6.45) is 3.28. The van der Waals surface area contributed by atoms with Crippen LogP contribution in [0.25, 0.3) is 0 Å². The summed E-state index contributed by atoms with van der Waals surface area (Å²) in [5.41, 5.74) is 4.56. The molecule has 0 aliphatic carbocycles. The lowest BCUT2D eigenvalue weighted by molar-refractivity contribution is 0.102. The maximum atomic E-state index is 12.1. The van der Waals surface area contributed by atoms with E-state index in [0.29, 0.717) is 5.56 Å². The smallest absolute Gasteiger partial charge is 0.257 e. The second-order valence-electron chi connectivity index (χ2n) is 4.46. The number of amides is 1. The van der Waals surface area contributed by atoms with Crippen molar-refractivity contribution in [1.82, 2.24) is 4.98 Å². The van der Waals surface area contributed by atoms with E-state index in [0.717, 1.165) is 22.4 Å². The zero-order valence-electron chi connectivity index (χ0n) is 10.8. The molecular formula is C15H16N2O. The maximum Gasteiger partial charge on any atom is 0.257 e. The second kappa shape index (κ2) is 5.00. The van der Waals surface area contributed by atoms with E-state index in [9.17, 15) is 4.79 Å². The number of anilines is 1. The van der Waals surface area contributed by atoms with E-state index in [1.165, 1.54) is 0 Å². The number of carbonyl (C=O) groups is 1. The van der Waals surface area contributed by atoms with Crippen molar-refractivity contribution >= 4 is 11.6 Å². The van der Waals surface area contributed by atoms with Crippen LogP contribution >= 0.6 is 0 Å². The van der Waals surface area contributed by atoms with Crippen molar-refractivity contribution in [3.63, 3.8) is 0 Å². The Morgan fingerprint density at radius 3 is 2.61 bits per heavy atom. The third-order valence-corrected chi connectivity index (χ3v) is 2.92. The normalized spacial score (nSPS) is 10.2. The number of benzene rings is 1. The Hall–Kier alpha value is -2.16. The van der Waals surface area contributed by atoms with Gasteiger partial charge in [0.1, 0.15) is 0 Å². The molecule has 92 valence electrons. The minimum Gasteiger partial charge on any atom is -0.322 e. The van der Waals surface area contributed by atoms with Gasteiger partial charge in [-0.1, -0.05) is 12.1 Å².